The molecular formula is C21H29N8O14P2+. The molecule has 5 rings (SSSR count). The van der Waals surface area contributed by atoms with Crippen LogP contribution in [-0.2, 0) is 32.0 Å². The molecule has 0 aliphatic carbocycles. The monoisotopic (exact) mass is 679 g/mol. The zero-order valence-electron chi connectivity index (χ0n) is 22.7. The molecule has 3 aromatic rings. The first-order valence-corrected chi connectivity index (χ1v) is 15.8. The van der Waals surface area contributed by atoms with Crippen LogP contribution in [0.2, 0.25) is 0 Å². The summed E-state index contributed by atoms with van der Waals surface area (Å²) in [6, 6.07) is 2.61. The molecule has 2 aliphatic heterocycles. The molecule has 0 saturated carbocycles. The molecule has 3 aromatic heterocycles. The van der Waals surface area contributed by atoms with Crippen LogP contribution in [-0.4, -0.2) is 105 Å². The number of hydrogen-bond donors (Lipinski definition) is 9. The Morgan fingerprint density at radius 3 is 2.20 bits per heavy atom. The highest BCUT2D eigenvalue weighted by Gasteiger charge is 2.49. The molecule has 1 amide bonds. The quantitative estimate of drug-likeness (QED) is 0.0703. The number of anilines is 2. The van der Waals surface area contributed by atoms with Crippen molar-refractivity contribution in [1.82, 2.24) is 19.5 Å². The number of primary amides is 1. The van der Waals surface area contributed by atoms with Gasteiger partial charge in [0.25, 0.3) is 11.7 Å². The van der Waals surface area contributed by atoms with Crippen molar-refractivity contribution in [2.24, 2.45) is 5.73 Å². The number of carbonyl (C=O) groups is 1. The average molecular weight is 679 g/mol. The van der Waals surface area contributed by atoms with Crippen molar-refractivity contribution in [3.05, 3.63) is 36.5 Å². The second-order valence-electron chi connectivity index (χ2n) is 9.90. The number of ether oxygens (including phenoxy) is 2. The van der Waals surface area contributed by atoms with Gasteiger partial charge in [0, 0.05) is 6.07 Å². The maximum Gasteiger partial charge on any atom is 0.481 e. The summed E-state index contributed by atoms with van der Waals surface area (Å²) in [5.41, 5.74) is 17.2. The highest BCUT2D eigenvalue weighted by atomic mass is 31.3. The summed E-state index contributed by atoms with van der Waals surface area (Å²) in [6.45, 7) is -1.85. The molecule has 0 aromatic carbocycles. The third-order valence-electron chi connectivity index (χ3n) is 6.91. The van der Waals surface area contributed by atoms with Gasteiger partial charge in [0.2, 0.25) is 6.23 Å². The molecule has 2 saturated heterocycles. The first-order valence-electron chi connectivity index (χ1n) is 12.8. The van der Waals surface area contributed by atoms with Crippen LogP contribution in [0.5, 0.6) is 0 Å². The van der Waals surface area contributed by atoms with E-state index in [1.165, 1.54) is 23.0 Å². The topological polar surface area (TPSA) is 344 Å². The van der Waals surface area contributed by atoms with Crippen molar-refractivity contribution < 1.29 is 71.5 Å². The van der Waals surface area contributed by atoms with Gasteiger partial charge in [0.1, 0.15) is 54.7 Å². The van der Waals surface area contributed by atoms with E-state index in [9.17, 15) is 44.1 Å². The molecule has 12 N–H and O–H groups in total. The highest BCUT2D eigenvalue weighted by molar-refractivity contribution is 7.61. The number of nitrogen functional groups attached to an aromatic ring is 2. The second kappa shape index (κ2) is 12.5. The van der Waals surface area contributed by atoms with Crippen LogP contribution in [0, 0.1) is 0 Å². The summed E-state index contributed by atoms with van der Waals surface area (Å²) in [5, 5.41) is 41.8. The Morgan fingerprint density at radius 2 is 1.56 bits per heavy atom. The van der Waals surface area contributed by atoms with Crippen molar-refractivity contribution in [3.8, 4) is 0 Å². The number of aromatic nitrogens is 5. The number of aliphatic hydroxyl groups is 4. The van der Waals surface area contributed by atoms with Gasteiger partial charge in [-0.05, 0) is 6.07 Å². The molecule has 2 fully saturated rings. The number of rotatable bonds is 11. The van der Waals surface area contributed by atoms with E-state index in [-0.39, 0.29) is 28.4 Å². The number of nitrogens with zero attached hydrogens (tertiary/aromatic N) is 5. The first kappa shape index (κ1) is 33.2. The van der Waals surface area contributed by atoms with E-state index < -0.39 is 83.8 Å². The number of amides is 1. The van der Waals surface area contributed by atoms with Crippen molar-refractivity contribution in [2.45, 2.75) is 49.1 Å². The fraction of sp³-hybridized carbons (Fsp3) is 0.476. The molecule has 10 atom stereocenters. The smallest absolute Gasteiger partial charge is 0.387 e. The Morgan fingerprint density at radius 1 is 0.933 bits per heavy atom. The molecule has 2 aliphatic rings. The zero-order chi connectivity index (χ0) is 32.8. The number of phosphoric acid groups is 2. The van der Waals surface area contributed by atoms with E-state index in [2.05, 4.69) is 23.8 Å². The molecule has 24 heteroatoms. The van der Waals surface area contributed by atoms with E-state index in [0.717, 1.165) is 17.1 Å². The number of hydrogen-bond acceptors (Lipinski definition) is 17. The van der Waals surface area contributed by atoms with Crippen LogP contribution in [0.4, 0.5) is 11.6 Å². The van der Waals surface area contributed by atoms with Gasteiger partial charge in [-0.15, -0.1) is 0 Å². The lowest BCUT2D eigenvalue weighted by atomic mass is 10.1. The number of imidazole rings is 1. The van der Waals surface area contributed by atoms with Gasteiger partial charge < -0.3 is 51.2 Å². The van der Waals surface area contributed by atoms with E-state index in [0.29, 0.717) is 0 Å². The normalized spacial score (nSPS) is 31.2. The Kier molecular flexibility index (Phi) is 9.23. The highest BCUT2D eigenvalue weighted by Crippen LogP contribution is 2.60. The van der Waals surface area contributed by atoms with Crippen molar-refractivity contribution in [2.75, 3.05) is 24.7 Å². The minimum Gasteiger partial charge on any atom is -0.387 e. The van der Waals surface area contributed by atoms with Crippen LogP contribution in [0.25, 0.3) is 11.2 Å². The molecule has 45 heavy (non-hydrogen) atoms. The lowest BCUT2D eigenvalue weighted by molar-refractivity contribution is -0.753. The summed E-state index contributed by atoms with van der Waals surface area (Å²) in [4.78, 5) is 43.4. The molecule has 246 valence electrons. The second-order valence-corrected chi connectivity index (χ2v) is 12.9. The number of phosphoric ester groups is 2. The predicted molar refractivity (Wildman–Crippen MR) is 144 cm³/mol. The number of aliphatic hydroxyl groups excluding tert-OH is 4. The maximum atomic E-state index is 12.4. The molecule has 0 spiro atoms. The van der Waals surface area contributed by atoms with Gasteiger partial charge in [-0.1, -0.05) is 0 Å². The molecular weight excluding hydrogens is 650 g/mol. The Bertz CT molecular complexity index is 1680. The first-order chi connectivity index (χ1) is 21.1. The number of pyridine rings is 1. The van der Waals surface area contributed by atoms with Crippen LogP contribution in [0.3, 0.4) is 0 Å². The van der Waals surface area contributed by atoms with Gasteiger partial charge in [-0.2, -0.15) is 4.31 Å². The summed E-state index contributed by atoms with van der Waals surface area (Å²) < 4.78 is 51.9. The van der Waals surface area contributed by atoms with E-state index >= 15 is 0 Å². The largest absolute Gasteiger partial charge is 0.481 e. The minimum absolute atomic E-state index is 0.000379. The lowest BCUT2D eigenvalue weighted by Crippen LogP contribution is -2.48. The summed E-state index contributed by atoms with van der Waals surface area (Å²) in [7, 11) is -10.8. The van der Waals surface area contributed by atoms with Crippen LogP contribution >= 0.6 is 15.6 Å². The Labute approximate surface area is 251 Å². The molecule has 4 unspecified atom stereocenters. The molecule has 22 nitrogen and oxygen atoms in total. The standard InChI is InChI=1S/C21H28N8O14P2/c22-11-2-1-8(18(24)34)3-28(11)20-15(32)13(30)9(41-20)4-39-44(35,36)43-45(37,38)40-5-10-14(31)16(33)21(42-10)29-7-27-12-17(23)25-6-26-19(12)29/h1-3,6-7,9-10,13-16,20-22,30-33H,4-5H2,(H6,23,24,25,26,34,35,36,37,38)/p+1/t9-,10-,13?,14+,15+,16?,20-,21-/m1/s1. The van der Waals surface area contributed by atoms with Crippen LogP contribution < -0.4 is 21.8 Å². The zero-order valence-corrected chi connectivity index (χ0v) is 24.5. The maximum absolute atomic E-state index is 12.4. The van der Waals surface area contributed by atoms with Gasteiger partial charge in [-0.25, -0.2) is 28.6 Å². The number of carbonyl (C=O) groups excluding carboxylic acids is 1. The van der Waals surface area contributed by atoms with E-state index in [1.807, 2.05) is 0 Å². The lowest BCUT2D eigenvalue weighted by Gasteiger charge is -2.20. The fourth-order valence-electron chi connectivity index (χ4n) is 4.66. The predicted octanol–water partition coefficient (Wildman–Crippen LogP) is -3.43. The van der Waals surface area contributed by atoms with Crippen molar-refractivity contribution in [3.63, 3.8) is 0 Å². The van der Waals surface area contributed by atoms with Crippen LogP contribution in [0.1, 0.15) is 22.8 Å². The van der Waals surface area contributed by atoms with E-state index in [1.54, 1.807) is 0 Å². The molecule has 0 bridgehead atoms. The van der Waals surface area contributed by atoms with E-state index in [4.69, 9.17) is 31.2 Å². The third-order valence-corrected chi connectivity index (χ3v) is 9.52. The molecule has 5 heterocycles. The van der Waals surface area contributed by atoms with Gasteiger partial charge in [-0.3, -0.25) is 24.1 Å². The van der Waals surface area contributed by atoms with Gasteiger partial charge in [0.15, 0.2) is 17.7 Å². The number of fused-ring (bicyclic) bond motifs is 1. The van der Waals surface area contributed by atoms with Crippen LogP contribution in [0.15, 0.2) is 31.0 Å². The molecule has 0 radical (unpaired) electrons. The third kappa shape index (κ3) is 6.83. The van der Waals surface area contributed by atoms with Crippen molar-refractivity contribution >= 4 is 44.4 Å². The van der Waals surface area contributed by atoms with Crippen molar-refractivity contribution in [1.29, 1.82) is 0 Å². The summed E-state index contributed by atoms with van der Waals surface area (Å²) >= 11 is 0. The SMILES string of the molecule is NC(=O)c1ccc(N)[n+]([C@@H]2O[C@H](COP(=O)(O)OP(=O)(O)OC[C@H]3O[C@@H](n4cnc5c(N)ncnc54)C(O)[C@H]3O)C(O)[C@@H]2O)c1. The Hall–Kier alpha value is -3.21. The average Bonchev–Trinajstić information content (AvgIpc) is 3.61. The fourth-order valence-corrected chi connectivity index (χ4v) is 6.75. The van der Waals surface area contributed by atoms with Gasteiger partial charge >= 0.3 is 15.6 Å². The number of nitrogens with two attached hydrogens (primary N) is 3. The summed E-state index contributed by atoms with van der Waals surface area (Å²) in [6.07, 6.45) is -8.73. The summed E-state index contributed by atoms with van der Waals surface area (Å²) in [5.74, 6) is -0.771. The Balaban J connectivity index is 1.17. The van der Waals surface area contributed by atoms with Gasteiger partial charge in [0.05, 0.1) is 25.1 Å². The minimum atomic E-state index is -5.40.